The van der Waals surface area contributed by atoms with E-state index in [0.29, 0.717) is 0 Å². The molecule has 0 amide bonds. The third-order valence-electron chi connectivity index (χ3n) is 6.50. The van der Waals surface area contributed by atoms with Gasteiger partial charge in [-0.25, -0.2) is 0 Å². The van der Waals surface area contributed by atoms with Crippen LogP contribution in [-0.2, 0) is 25.3 Å². The summed E-state index contributed by atoms with van der Waals surface area (Å²) in [5.74, 6) is 0. The van der Waals surface area contributed by atoms with Crippen molar-refractivity contribution in [2.24, 2.45) is 7.05 Å². The van der Waals surface area contributed by atoms with E-state index in [1.807, 2.05) is 0 Å². The Morgan fingerprint density at radius 3 is 2.38 bits per heavy atom. The highest BCUT2D eigenvalue weighted by Crippen LogP contribution is 2.47. The van der Waals surface area contributed by atoms with Gasteiger partial charge < -0.3 is 5.11 Å². The summed E-state index contributed by atoms with van der Waals surface area (Å²) in [7, 11) is 2.10. The van der Waals surface area contributed by atoms with Gasteiger partial charge in [0, 0.05) is 18.2 Å². The molecule has 0 atom stereocenters. The number of aromatic nitrogens is 2. The Hall–Kier alpha value is -1.61. The maximum Gasteiger partial charge on any atom is 0.0645 e. The molecule has 1 aliphatic rings. The molecule has 0 saturated heterocycles. The van der Waals surface area contributed by atoms with Crippen LogP contribution in [0, 0.1) is 0 Å². The Kier molecular flexibility index (Phi) is 5.86. The summed E-state index contributed by atoms with van der Waals surface area (Å²) in [6.07, 6.45) is 11.3. The van der Waals surface area contributed by atoms with Gasteiger partial charge in [-0.3, -0.25) is 4.68 Å². The Morgan fingerprint density at radius 2 is 1.77 bits per heavy atom. The van der Waals surface area contributed by atoms with Crippen molar-refractivity contribution >= 4 is 0 Å². The molecule has 3 nitrogen and oxygen atoms in total. The van der Waals surface area contributed by atoms with Gasteiger partial charge in [-0.05, 0) is 62.5 Å². The van der Waals surface area contributed by atoms with E-state index in [9.17, 15) is 5.11 Å². The van der Waals surface area contributed by atoms with E-state index in [1.165, 1.54) is 29.7 Å². The minimum atomic E-state index is -0.484. The van der Waals surface area contributed by atoms with Crippen LogP contribution in [0.5, 0.6) is 0 Å². The van der Waals surface area contributed by atoms with Gasteiger partial charge in [0.1, 0.15) is 0 Å². The first kappa shape index (κ1) is 19.2. The molecule has 1 aliphatic carbocycles. The fraction of sp³-hybridized carbons (Fsp3) is 0.609. The van der Waals surface area contributed by atoms with E-state index in [0.717, 1.165) is 44.9 Å². The van der Waals surface area contributed by atoms with Crippen molar-refractivity contribution in [2.75, 3.05) is 0 Å². The zero-order valence-corrected chi connectivity index (χ0v) is 16.7. The maximum atomic E-state index is 10.8. The number of hydrogen-bond acceptors (Lipinski definition) is 2. The largest absolute Gasteiger partial charge is 0.390 e. The van der Waals surface area contributed by atoms with Crippen LogP contribution in [0.3, 0.4) is 0 Å². The van der Waals surface area contributed by atoms with Crippen LogP contribution in [-0.4, -0.2) is 20.5 Å². The zero-order valence-electron chi connectivity index (χ0n) is 16.7. The topological polar surface area (TPSA) is 38.0 Å². The van der Waals surface area contributed by atoms with Crippen LogP contribution in [0.2, 0.25) is 0 Å². The standard InChI is InChI=1S/C23H34N2O/c1-4-6-12-20-18-24-25(3)21(20)22(17-19-10-8-7-9-11-19)13-15-23(26,5-2)16-14-22/h7-11,18,26H,4-6,12-17H2,1-3H3. The van der Waals surface area contributed by atoms with Gasteiger partial charge in [-0.15, -0.1) is 0 Å². The molecule has 3 rings (SSSR count). The minimum absolute atomic E-state index is 0.0804. The van der Waals surface area contributed by atoms with E-state index in [2.05, 4.69) is 67.2 Å². The first-order chi connectivity index (χ1) is 12.5. The zero-order chi connectivity index (χ0) is 18.6. The Morgan fingerprint density at radius 1 is 1.08 bits per heavy atom. The normalized spacial score (nSPS) is 26.2. The van der Waals surface area contributed by atoms with Gasteiger partial charge in [-0.2, -0.15) is 5.10 Å². The van der Waals surface area contributed by atoms with E-state index in [-0.39, 0.29) is 5.41 Å². The predicted molar refractivity (Wildman–Crippen MR) is 107 cm³/mol. The molecule has 3 heteroatoms. The molecular formula is C23H34N2O. The number of unbranched alkanes of at least 4 members (excludes halogenated alkanes) is 1. The summed E-state index contributed by atoms with van der Waals surface area (Å²) in [6.45, 7) is 4.36. The molecule has 1 aromatic heterocycles. The van der Waals surface area contributed by atoms with Gasteiger partial charge in [0.05, 0.1) is 11.8 Å². The van der Waals surface area contributed by atoms with Crippen molar-refractivity contribution in [3.63, 3.8) is 0 Å². The number of hydrogen-bond donors (Lipinski definition) is 1. The highest BCUT2D eigenvalue weighted by Gasteiger charge is 2.44. The molecule has 26 heavy (non-hydrogen) atoms. The van der Waals surface area contributed by atoms with Crippen molar-refractivity contribution in [1.82, 2.24) is 9.78 Å². The summed E-state index contributed by atoms with van der Waals surface area (Å²) < 4.78 is 2.12. The SMILES string of the molecule is CCCCc1cnn(C)c1C1(Cc2ccccc2)CCC(O)(CC)CC1. The summed E-state index contributed by atoms with van der Waals surface area (Å²) in [6, 6.07) is 10.8. The van der Waals surface area contributed by atoms with E-state index in [1.54, 1.807) is 0 Å². The van der Waals surface area contributed by atoms with Crippen LogP contribution in [0.25, 0.3) is 0 Å². The van der Waals surface area contributed by atoms with Gasteiger partial charge in [-0.1, -0.05) is 50.6 Å². The first-order valence-electron chi connectivity index (χ1n) is 10.3. The van der Waals surface area contributed by atoms with Crippen LogP contribution in [0.1, 0.15) is 75.6 Å². The van der Waals surface area contributed by atoms with Crippen LogP contribution >= 0.6 is 0 Å². The highest BCUT2D eigenvalue weighted by atomic mass is 16.3. The van der Waals surface area contributed by atoms with E-state index in [4.69, 9.17) is 0 Å². The van der Waals surface area contributed by atoms with Crippen molar-refractivity contribution in [1.29, 1.82) is 0 Å². The van der Waals surface area contributed by atoms with Gasteiger partial charge in [0.2, 0.25) is 0 Å². The van der Waals surface area contributed by atoms with Crippen molar-refractivity contribution in [2.45, 2.75) is 82.7 Å². The lowest BCUT2D eigenvalue weighted by Crippen LogP contribution is -2.43. The molecule has 1 fully saturated rings. The van der Waals surface area contributed by atoms with Crippen molar-refractivity contribution in [3.05, 3.63) is 53.3 Å². The first-order valence-corrected chi connectivity index (χ1v) is 10.3. The lowest BCUT2D eigenvalue weighted by atomic mass is 9.63. The van der Waals surface area contributed by atoms with Crippen LogP contribution in [0.15, 0.2) is 36.5 Å². The van der Waals surface area contributed by atoms with E-state index >= 15 is 0 Å². The molecule has 1 heterocycles. The highest BCUT2D eigenvalue weighted by molar-refractivity contribution is 5.32. The average molecular weight is 355 g/mol. The molecule has 0 aliphatic heterocycles. The summed E-state index contributed by atoms with van der Waals surface area (Å²) in [5, 5.41) is 15.5. The van der Waals surface area contributed by atoms with Gasteiger partial charge in [0.15, 0.2) is 0 Å². The van der Waals surface area contributed by atoms with Crippen LogP contribution < -0.4 is 0 Å². The number of benzene rings is 1. The molecule has 0 spiro atoms. The number of nitrogens with zero attached hydrogens (tertiary/aromatic N) is 2. The number of rotatable bonds is 7. The molecule has 2 aromatic rings. The van der Waals surface area contributed by atoms with Gasteiger partial charge >= 0.3 is 0 Å². The Bertz CT molecular complexity index is 696. The minimum Gasteiger partial charge on any atom is -0.390 e. The molecule has 1 N–H and O–H groups in total. The summed E-state index contributed by atoms with van der Waals surface area (Å²) in [4.78, 5) is 0. The van der Waals surface area contributed by atoms with E-state index < -0.39 is 5.60 Å². The quantitative estimate of drug-likeness (QED) is 0.763. The Labute approximate surface area is 158 Å². The lowest BCUT2D eigenvalue weighted by Gasteiger charge is -2.44. The second-order valence-electron chi connectivity index (χ2n) is 8.27. The smallest absolute Gasteiger partial charge is 0.0645 e. The fourth-order valence-electron chi connectivity index (χ4n) is 4.75. The number of aliphatic hydroxyl groups is 1. The third kappa shape index (κ3) is 3.88. The molecule has 1 aromatic carbocycles. The van der Waals surface area contributed by atoms with Gasteiger partial charge in [0.25, 0.3) is 0 Å². The van der Waals surface area contributed by atoms with Crippen molar-refractivity contribution < 1.29 is 5.11 Å². The molecule has 1 saturated carbocycles. The Balaban J connectivity index is 1.98. The molecule has 0 radical (unpaired) electrons. The number of aryl methyl sites for hydroxylation is 2. The summed E-state index contributed by atoms with van der Waals surface area (Å²) >= 11 is 0. The molecule has 142 valence electrons. The third-order valence-corrected chi connectivity index (χ3v) is 6.50. The van der Waals surface area contributed by atoms with Crippen LogP contribution in [0.4, 0.5) is 0 Å². The van der Waals surface area contributed by atoms with Crippen molar-refractivity contribution in [3.8, 4) is 0 Å². The second-order valence-corrected chi connectivity index (χ2v) is 8.27. The average Bonchev–Trinajstić information content (AvgIpc) is 3.04. The molecular weight excluding hydrogens is 320 g/mol. The maximum absolute atomic E-state index is 10.8. The monoisotopic (exact) mass is 354 g/mol. The second kappa shape index (κ2) is 7.96. The fourth-order valence-corrected chi connectivity index (χ4v) is 4.75. The summed E-state index contributed by atoms with van der Waals surface area (Å²) in [5.41, 5.74) is 3.80. The molecule has 0 bridgehead atoms. The predicted octanol–water partition coefficient (Wildman–Crippen LogP) is 4.96. The molecule has 0 unspecified atom stereocenters. The lowest BCUT2D eigenvalue weighted by molar-refractivity contribution is -0.0210.